The van der Waals surface area contributed by atoms with Gasteiger partial charge in [0.2, 0.25) is 0 Å². The number of nitrogens with one attached hydrogen (secondary N) is 1. The van der Waals surface area contributed by atoms with E-state index < -0.39 is 0 Å². The Morgan fingerprint density at radius 3 is 2.71 bits per heavy atom. The number of methoxy groups -OCH3 is 1. The van der Waals surface area contributed by atoms with Gasteiger partial charge in [0.15, 0.2) is 0 Å². The fourth-order valence-corrected chi connectivity index (χ4v) is 3.09. The lowest BCUT2D eigenvalue weighted by Gasteiger charge is -2.25. The van der Waals surface area contributed by atoms with Gasteiger partial charge in [-0.25, -0.2) is 0 Å². The average Bonchev–Trinajstić information content (AvgIpc) is 2.70. The molecule has 0 aromatic heterocycles. The maximum absolute atomic E-state index is 5.21. The fraction of sp³-hybridized carbons (Fsp3) is 0.667. The molecule has 3 heteroatoms. The van der Waals surface area contributed by atoms with Gasteiger partial charge in [0.1, 0.15) is 5.75 Å². The molecule has 0 saturated carbocycles. The summed E-state index contributed by atoms with van der Waals surface area (Å²) in [5.74, 6) is 1.71. The van der Waals surface area contributed by atoms with Crippen molar-refractivity contribution in [3.8, 4) is 5.75 Å². The summed E-state index contributed by atoms with van der Waals surface area (Å²) in [6, 6.07) is 9.13. The fourth-order valence-electron chi connectivity index (χ4n) is 3.09. The zero-order chi connectivity index (χ0) is 15.1. The Morgan fingerprint density at radius 2 is 2.05 bits per heavy atom. The summed E-state index contributed by atoms with van der Waals surface area (Å²) in [6.45, 7) is 9.35. The summed E-state index contributed by atoms with van der Waals surface area (Å²) in [4.78, 5) is 2.62. The predicted octanol–water partition coefficient (Wildman–Crippen LogP) is 2.95. The summed E-state index contributed by atoms with van der Waals surface area (Å²) >= 11 is 0. The molecular formula is C18H30N2O. The summed E-state index contributed by atoms with van der Waals surface area (Å²) < 4.78 is 5.21. The van der Waals surface area contributed by atoms with Crippen molar-refractivity contribution in [2.45, 2.75) is 39.2 Å². The van der Waals surface area contributed by atoms with E-state index in [9.17, 15) is 0 Å². The van der Waals surface area contributed by atoms with E-state index in [0.717, 1.165) is 31.2 Å². The lowest BCUT2D eigenvalue weighted by molar-refractivity contribution is 0.258. The zero-order valence-electron chi connectivity index (χ0n) is 13.8. The maximum atomic E-state index is 5.21. The molecule has 0 aliphatic carbocycles. The minimum atomic E-state index is 0.656. The van der Waals surface area contributed by atoms with Crippen LogP contribution in [0.1, 0.15) is 32.3 Å². The van der Waals surface area contributed by atoms with Crippen LogP contribution in [0.5, 0.6) is 5.75 Å². The van der Waals surface area contributed by atoms with Crippen molar-refractivity contribution in [1.82, 2.24) is 10.2 Å². The Bertz CT molecular complexity index is 402. The Balaban J connectivity index is 1.82. The van der Waals surface area contributed by atoms with Gasteiger partial charge >= 0.3 is 0 Å². The second-order valence-corrected chi connectivity index (χ2v) is 6.53. The van der Waals surface area contributed by atoms with Crippen LogP contribution in [0.4, 0.5) is 0 Å². The molecule has 1 unspecified atom stereocenters. The second-order valence-electron chi connectivity index (χ2n) is 6.53. The largest absolute Gasteiger partial charge is 0.497 e. The molecule has 21 heavy (non-hydrogen) atoms. The molecule has 1 aliphatic rings. The van der Waals surface area contributed by atoms with Crippen LogP contribution in [0.15, 0.2) is 24.3 Å². The summed E-state index contributed by atoms with van der Waals surface area (Å²) in [5.41, 5.74) is 1.40. The quantitative estimate of drug-likeness (QED) is 0.872. The first kappa shape index (κ1) is 16.3. The molecule has 0 bridgehead atoms. The molecule has 118 valence electrons. The molecule has 1 saturated heterocycles. The maximum Gasteiger partial charge on any atom is 0.118 e. The topological polar surface area (TPSA) is 24.5 Å². The van der Waals surface area contributed by atoms with Crippen LogP contribution in [-0.2, 0) is 6.42 Å². The third-order valence-electron chi connectivity index (χ3n) is 4.19. The van der Waals surface area contributed by atoms with E-state index in [0.29, 0.717) is 6.04 Å². The van der Waals surface area contributed by atoms with Gasteiger partial charge in [-0.05, 0) is 56.0 Å². The van der Waals surface area contributed by atoms with E-state index >= 15 is 0 Å². The first-order valence-electron chi connectivity index (χ1n) is 8.26. The molecule has 0 amide bonds. The van der Waals surface area contributed by atoms with Gasteiger partial charge < -0.3 is 15.0 Å². The predicted molar refractivity (Wildman–Crippen MR) is 89.0 cm³/mol. The zero-order valence-corrected chi connectivity index (χ0v) is 13.8. The first-order valence-corrected chi connectivity index (χ1v) is 8.26. The summed E-state index contributed by atoms with van der Waals surface area (Å²) in [7, 11) is 1.72. The lowest BCUT2D eigenvalue weighted by Crippen LogP contribution is -2.39. The molecule has 1 atom stereocenters. The van der Waals surface area contributed by atoms with Gasteiger partial charge in [-0.2, -0.15) is 0 Å². The van der Waals surface area contributed by atoms with Crippen LogP contribution in [0.3, 0.4) is 0 Å². The highest BCUT2D eigenvalue weighted by molar-refractivity contribution is 5.27. The van der Waals surface area contributed by atoms with Crippen LogP contribution >= 0.6 is 0 Å². The second kappa shape index (κ2) is 8.40. The Morgan fingerprint density at radius 1 is 1.29 bits per heavy atom. The third-order valence-corrected chi connectivity index (χ3v) is 4.19. The van der Waals surface area contributed by atoms with Crippen molar-refractivity contribution in [3.63, 3.8) is 0 Å². The van der Waals surface area contributed by atoms with Gasteiger partial charge in [0, 0.05) is 19.1 Å². The van der Waals surface area contributed by atoms with E-state index in [1.165, 1.54) is 31.5 Å². The number of hydrogen-bond donors (Lipinski definition) is 1. The van der Waals surface area contributed by atoms with E-state index in [-0.39, 0.29) is 0 Å². The molecule has 1 aromatic rings. The smallest absolute Gasteiger partial charge is 0.118 e. The van der Waals surface area contributed by atoms with Crippen LogP contribution in [0.2, 0.25) is 0 Å². The number of benzene rings is 1. The normalized spacial score (nSPS) is 20.5. The summed E-state index contributed by atoms with van der Waals surface area (Å²) in [6.07, 6.45) is 3.66. The van der Waals surface area contributed by atoms with Crippen molar-refractivity contribution in [1.29, 1.82) is 0 Å². The van der Waals surface area contributed by atoms with Crippen molar-refractivity contribution in [3.05, 3.63) is 29.8 Å². The number of hydrogen-bond acceptors (Lipinski definition) is 3. The van der Waals surface area contributed by atoms with Crippen molar-refractivity contribution in [2.24, 2.45) is 5.92 Å². The lowest BCUT2D eigenvalue weighted by atomic mass is 10.0. The van der Waals surface area contributed by atoms with Gasteiger partial charge in [-0.3, -0.25) is 0 Å². The number of nitrogens with zero attached hydrogens (tertiary/aromatic N) is 1. The average molecular weight is 290 g/mol. The monoisotopic (exact) mass is 290 g/mol. The summed E-state index contributed by atoms with van der Waals surface area (Å²) in [5, 5.41) is 3.70. The molecule has 1 N–H and O–H groups in total. The number of ether oxygens (including phenoxy) is 1. The standard InChI is InChI=1S/C18H30N2O/c1-15(2)13-17-14-20(11-4-10-19-17)12-9-16-5-7-18(21-3)8-6-16/h5-8,15,17,19H,4,9-14H2,1-3H3. The first-order chi connectivity index (χ1) is 10.2. The Labute approximate surface area is 129 Å². The van der Waals surface area contributed by atoms with Gasteiger partial charge in [-0.15, -0.1) is 0 Å². The van der Waals surface area contributed by atoms with Crippen molar-refractivity contribution >= 4 is 0 Å². The molecule has 3 nitrogen and oxygen atoms in total. The van der Waals surface area contributed by atoms with Gasteiger partial charge in [0.05, 0.1) is 7.11 Å². The van der Waals surface area contributed by atoms with E-state index in [2.05, 4.69) is 48.3 Å². The SMILES string of the molecule is COc1ccc(CCN2CCCNC(CC(C)C)C2)cc1. The highest BCUT2D eigenvalue weighted by atomic mass is 16.5. The highest BCUT2D eigenvalue weighted by Gasteiger charge is 2.18. The molecule has 0 radical (unpaired) electrons. The highest BCUT2D eigenvalue weighted by Crippen LogP contribution is 2.13. The third kappa shape index (κ3) is 5.68. The van der Waals surface area contributed by atoms with Crippen molar-refractivity contribution in [2.75, 3.05) is 33.3 Å². The van der Waals surface area contributed by atoms with E-state index in [1.807, 2.05) is 0 Å². The van der Waals surface area contributed by atoms with Crippen LogP contribution in [0.25, 0.3) is 0 Å². The molecule has 2 rings (SSSR count). The molecule has 1 aromatic carbocycles. The van der Waals surface area contributed by atoms with Crippen LogP contribution in [0, 0.1) is 5.92 Å². The molecule has 1 aliphatic heterocycles. The molecule has 1 heterocycles. The van der Waals surface area contributed by atoms with Crippen molar-refractivity contribution < 1.29 is 4.74 Å². The minimum Gasteiger partial charge on any atom is -0.497 e. The molecule has 1 fully saturated rings. The van der Waals surface area contributed by atoms with Gasteiger partial charge in [-0.1, -0.05) is 26.0 Å². The van der Waals surface area contributed by atoms with E-state index in [1.54, 1.807) is 7.11 Å². The van der Waals surface area contributed by atoms with E-state index in [4.69, 9.17) is 4.74 Å². The minimum absolute atomic E-state index is 0.656. The molecular weight excluding hydrogens is 260 g/mol. The van der Waals surface area contributed by atoms with Crippen LogP contribution < -0.4 is 10.1 Å². The van der Waals surface area contributed by atoms with Crippen LogP contribution in [-0.4, -0.2) is 44.2 Å². The number of rotatable bonds is 6. The Kier molecular flexibility index (Phi) is 6.52. The molecule has 0 spiro atoms. The van der Waals surface area contributed by atoms with Gasteiger partial charge in [0.25, 0.3) is 0 Å². The Hall–Kier alpha value is -1.06.